The van der Waals surface area contributed by atoms with E-state index in [4.69, 9.17) is 31.1 Å². The van der Waals surface area contributed by atoms with Gasteiger partial charge in [-0.05, 0) is 41.8 Å². The van der Waals surface area contributed by atoms with Crippen LogP contribution in [0.15, 0.2) is 65.8 Å². The molecular formula is C29H26ClFN4O2. The predicted molar refractivity (Wildman–Crippen MR) is 145 cm³/mol. The first-order valence-corrected chi connectivity index (χ1v) is 12.3. The van der Waals surface area contributed by atoms with Crippen LogP contribution in [-0.2, 0) is 6.54 Å². The number of halogens is 2. The Kier molecular flexibility index (Phi) is 6.80. The molecule has 0 fully saturated rings. The molecule has 1 aliphatic rings. The van der Waals surface area contributed by atoms with Gasteiger partial charge in [-0.2, -0.15) is 0 Å². The molecule has 0 spiro atoms. The molecule has 37 heavy (non-hydrogen) atoms. The Morgan fingerprint density at radius 2 is 1.78 bits per heavy atom. The van der Waals surface area contributed by atoms with Crippen LogP contribution in [0.4, 0.5) is 16.0 Å². The minimum Gasteiger partial charge on any atom is -0.496 e. The van der Waals surface area contributed by atoms with Gasteiger partial charge in [0.15, 0.2) is 0 Å². The van der Waals surface area contributed by atoms with Gasteiger partial charge in [0.05, 0.1) is 37.7 Å². The summed E-state index contributed by atoms with van der Waals surface area (Å²) in [5, 5.41) is 3.79. The summed E-state index contributed by atoms with van der Waals surface area (Å²) in [4.78, 5) is 14.1. The number of nitrogens with one attached hydrogen (secondary N) is 1. The summed E-state index contributed by atoms with van der Waals surface area (Å²) in [6.45, 7) is 4.51. The molecule has 0 saturated carbocycles. The van der Waals surface area contributed by atoms with Gasteiger partial charge in [0, 0.05) is 39.7 Å². The summed E-state index contributed by atoms with van der Waals surface area (Å²) in [6.07, 6.45) is 1.74. The lowest BCUT2D eigenvalue weighted by molar-refractivity contribution is 0.408. The van der Waals surface area contributed by atoms with Crippen LogP contribution in [0.2, 0.25) is 5.02 Å². The Bertz CT molecular complexity index is 1520. The highest BCUT2D eigenvalue weighted by Gasteiger charge is 2.25. The summed E-state index contributed by atoms with van der Waals surface area (Å²) in [6, 6.07) is 16.1. The largest absolute Gasteiger partial charge is 0.496 e. The molecule has 0 amide bonds. The smallest absolute Gasteiger partial charge is 0.227 e. The lowest BCUT2D eigenvalue weighted by Crippen LogP contribution is -2.09. The van der Waals surface area contributed by atoms with Crippen molar-refractivity contribution < 1.29 is 13.9 Å². The van der Waals surface area contributed by atoms with Crippen LogP contribution in [0.25, 0.3) is 11.3 Å². The second kappa shape index (κ2) is 10.2. The fraction of sp³-hybridized carbons (Fsp3) is 0.207. The molecule has 0 bridgehead atoms. The maximum atomic E-state index is 15.1. The van der Waals surface area contributed by atoms with Crippen LogP contribution >= 0.6 is 11.6 Å². The molecule has 1 N–H and O–H groups in total. The molecule has 1 aromatic heterocycles. The number of anilines is 2. The van der Waals surface area contributed by atoms with Crippen LogP contribution in [0.3, 0.4) is 0 Å². The molecule has 2 heterocycles. The number of hydrogen-bond acceptors (Lipinski definition) is 6. The predicted octanol–water partition coefficient (Wildman–Crippen LogP) is 7.17. The Labute approximate surface area is 220 Å². The molecule has 1 aliphatic heterocycles. The number of aromatic nitrogens is 2. The molecule has 3 aromatic carbocycles. The van der Waals surface area contributed by atoms with Crippen molar-refractivity contribution in [3.8, 4) is 22.8 Å². The van der Waals surface area contributed by atoms with E-state index in [2.05, 4.69) is 24.1 Å². The molecule has 8 heteroatoms. The zero-order valence-electron chi connectivity index (χ0n) is 21.0. The van der Waals surface area contributed by atoms with Gasteiger partial charge in [0.1, 0.15) is 17.3 Å². The highest BCUT2D eigenvalue weighted by atomic mass is 35.5. The average molecular weight is 517 g/mol. The van der Waals surface area contributed by atoms with E-state index in [-0.39, 0.29) is 12.1 Å². The summed E-state index contributed by atoms with van der Waals surface area (Å²) < 4.78 is 26.1. The quantitative estimate of drug-likeness (QED) is 0.294. The molecular weight excluding hydrogens is 491 g/mol. The van der Waals surface area contributed by atoms with Crippen molar-refractivity contribution in [2.24, 2.45) is 4.99 Å². The monoisotopic (exact) mass is 516 g/mol. The average Bonchev–Trinajstić information content (AvgIpc) is 3.04. The lowest BCUT2D eigenvalue weighted by atomic mass is 9.94. The molecule has 6 nitrogen and oxygen atoms in total. The van der Waals surface area contributed by atoms with Gasteiger partial charge in [-0.3, -0.25) is 4.99 Å². The van der Waals surface area contributed by atoms with Gasteiger partial charge in [-0.15, -0.1) is 0 Å². The lowest BCUT2D eigenvalue weighted by Gasteiger charge is -2.15. The molecule has 0 aliphatic carbocycles. The number of nitrogens with zero attached hydrogens (tertiary/aromatic N) is 3. The van der Waals surface area contributed by atoms with Gasteiger partial charge in [-0.25, -0.2) is 14.4 Å². The molecule has 0 unspecified atom stereocenters. The first kappa shape index (κ1) is 24.7. The third kappa shape index (κ3) is 4.74. The molecule has 0 atom stereocenters. The van der Waals surface area contributed by atoms with E-state index in [1.165, 1.54) is 13.2 Å². The van der Waals surface area contributed by atoms with Crippen molar-refractivity contribution in [2.45, 2.75) is 26.3 Å². The Balaban J connectivity index is 1.59. The SMILES string of the molecule is COc1cc(Nc2ncc3c(n2)-c2ccc(Cl)cc2C(c2c(F)cccc2OC)=NC3)ccc1C(C)C. The maximum absolute atomic E-state index is 15.1. The van der Waals surface area contributed by atoms with E-state index in [0.717, 1.165) is 28.1 Å². The zero-order chi connectivity index (χ0) is 26.1. The number of ether oxygens (including phenoxy) is 2. The minimum absolute atomic E-state index is 0.269. The number of rotatable bonds is 6. The second-order valence-electron chi connectivity index (χ2n) is 8.98. The van der Waals surface area contributed by atoms with E-state index >= 15 is 4.39 Å². The summed E-state index contributed by atoms with van der Waals surface area (Å²) >= 11 is 6.39. The molecule has 5 rings (SSSR count). The van der Waals surface area contributed by atoms with E-state index in [1.54, 1.807) is 37.6 Å². The van der Waals surface area contributed by atoms with Gasteiger partial charge < -0.3 is 14.8 Å². The first-order chi connectivity index (χ1) is 17.9. The summed E-state index contributed by atoms with van der Waals surface area (Å²) in [5.41, 5.74) is 5.62. The second-order valence-corrected chi connectivity index (χ2v) is 9.41. The fourth-order valence-corrected chi connectivity index (χ4v) is 4.67. The highest BCUT2D eigenvalue weighted by Crippen LogP contribution is 2.36. The molecule has 0 saturated heterocycles. The van der Waals surface area contributed by atoms with Gasteiger partial charge in [0.25, 0.3) is 0 Å². The van der Waals surface area contributed by atoms with E-state index in [1.807, 2.05) is 24.3 Å². The van der Waals surface area contributed by atoms with Crippen LogP contribution in [0, 0.1) is 5.82 Å². The Morgan fingerprint density at radius 1 is 0.973 bits per heavy atom. The molecule has 188 valence electrons. The van der Waals surface area contributed by atoms with Crippen molar-refractivity contribution in [1.82, 2.24) is 9.97 Å². The number of hydrogen-bond donors (Lipinski definition) is 1. The third-order valence-corrected chi connectivity index (χ3v) is 6.54. The third-order valence-electron chi connectivity index (χ3n) is 6.31. The normalized spacial score (nSPS) is 12.4. The van der Waals surface area contributed by atoms with Crippen LogP contribution in [0.5, 0.6) is 11.5 Å². The zero-order valence-corrected chi connectivity index (χ0v) is 21.7. The summed E-state index contributed by atoms with van der Waals surface area (Å²) in [7, 11) is 3.17. The van der Waals surface area contributed by atoms with E-state index in [9.17, 15) is 0 Å². The molecule has 4 aromatic rings. The van der Waals surface area contributed by atoms with Crippen molar-refractivity contribution in [2.75, 3.05) is 19.5 Å². The van der Waals surface area contributed by atoms with Crippen molar-refractivity contribution >= 4 is 28.9 Å². The van der Waals surface area contributed by atoms with Crippen LogP contribution < -0.4 is 14.8 Å². The number of aliphatic imine (C=N–C) groups is 1. The van der Waals surface area contributed by atoms with Crippen molar-refractivity contribution in [3.63, 3.8) is 0 Å². The topological polar surface area (TPSA) is 68.6 Å². The fourth-order valence-electron chi connectivity index (χ4n) is 4.50. The van der Waals surface area contributed by atoms with Gasteiger partial charge >= 0.3 is 0 Å². The Morgan fingerprint density at radius 3 is 2.54 bits per heavy atom. The number of methoxy groups -OCH3 is 2. The first-order valence-electron chi connectivity index (χ1n) is 11.9. The standard InChI is InChI=1S/C29H26ClFN4O2/c1-16(2)20-11-9-19(13-25(20)37-4)34-29-33-15-17-14-32-28(26-23(31)6-5-7-24(26)36-3)22-12-18(30)8-10-21(22)27(17)35-29/h5-13,15-16H,14H2,1-4H3,(H,33,34,35). The van der Waals surface area contributed by atoms with Gasteiger partial charge in [0.2, 0.25) is 5.95 Å². The van der Waals surface area contributed by atoms with Crippen molar-refractivity contribution in [1.29, 1.82) is 0 Å². The van der Waals surface area contributed by atoms with E-state index in [0.29, 0.717) is 39.6 Å². The minimum atomic E-state index is -0.429. The number of benzene rings is 3. The van der Waals surface area contributed by atoms with Crippen LogP contribution in [-0.4, -0.2) is 29.9 Å². The number of fused-ring (bicyclic) bond motifs is 3. The maximum Gasteiger partial charge on any atom is 0.227 e. The highest BCUT2D eigenvalue weighted by molar-refractivity contribution is 6.31. The summed E-state index contributed by atoms with van der Waals surface area (Å²) in [5.74, 6) is 1.51. The molecule has 0 radical (unpaired) electrons. The van der Waals surface area contributed by atoms with Crippen LogP contribution in [0.1, 0.15) is 42.0 Å². The van der Waals surface area contributed by atoms with E-state index < -0.39 is 5.82 Å². The van der Waals surface area contributed by atoms with Gasteiger partial charge in [-0.1, -0.05) is 43.6 Å². The Hall–Kier alpha value is -3.97. The van der Waals surface area contributed by atoms with Crippen molar-refractivity contribution in [3.05, 3.63) is 93.9 Å².